The lowest BCUT2D eigenvalue weighted by Crippen LogP contribution is -2.10. The molecule has 0 saturated carbocycles. The van der Waals surface area contributed by atoms with Crippen molar-refractivity contribution in [1.82, 2.24) is 0 Å². The standard InChI is InChI=1S/C56H37NO/c1-2-11-38(12-3-1)39-23-25-40(26-24-39)41-27-32-45(33-28-41)57(47-15-8-14-44(37-47)50-19-10-21-54-53-17-6-7-22-55(53)58-56(50)54)46-34-29-43(30-35-46)49-18-9-20-51-48-16-5-4-13-42(48)31-36-52(49)51/h1-37H. The fourth-order valence-corrected chi connectivity index (χ4v) is 8.61. The van der Waals surface area contributed by atoms with Crippen LogP contribution in [0.2, 0.25) is 0 Å². The number of hydrogen-bond donors (Lipinski definition) is 0. The Bertz CT molecular complexity index is 3250. The van der Waals surface area contributed by atoms with Gasteiger partial charge in [0.15, 0.2) is 0 Å². The summed E-state index contributed by atoms with van der Waals surface area (Å²) >= 11 is 0. The highest BCUT2D eigenvalue weighted by atomic mass is 16.3. The first kappa shape index (κ1) is 33.6. The fraction of sp³-hybridized carbons (Fsp3) is 0. The van der Waals surface area contributed by atoms with Gasteiger partial charge >= 0.3 is 0 Å². The lowest BCUT2D eigenvalue weighted by Gasteiger charge is -2.26. The van der Waals surface area contributed by atoms with E-state index in [4.69, 9.17) is 4.42 Å². The minimum absolute atomic E-state index is 0.900. The molecule has 58 heavy (non-hydrogen) atoms. The Morgan fingerprint density at radius 3 is 1.55 bits per heavy atom. The molecule has 0 aliphatic rings. The number of para-hydroxylation sites is 2. The molecule has 2 nitrogen and oxygen atoms in total. The molecule has 1 aromatic heterocycles. The predicted octanol–water partition coefficient (Wildman–Crippen LogP) is 16.0. The van der Waals surface area contributed by atoms with Crippen LogP contribution in [0.4, 0.5) is 17.1 Å². The normalized spacial score (nSPS) is 11.4. The maximum atomic E-state index is 6.49. The maximum Gasteiger partial charge on any atom is 0.143 e. The van der Waals surface area contributed by atoms with Gasteiger partial charge in [-0.2, -0.15) is 0 Å². The summed E-state index contributed by atoms with van der Waals surface area (Å²) in [5.74, 6) is 0. The van der Waals surface area contributed by atoms with Crippen molar-refractivity contribution in [3.63, 3.8) is 0 Å². The van der Waals surface area contributed by atoms with Gasteiger partial charge in [-0.3, -0.25) is 0 Å². The number of hydrogen-bond acceptors (Lipinski definition) is 2. The first-order chi connectivity index (χ1) is 28.7. The van der Waals surface area contributed by atoms with Gasteiger partial charge in [-0.25, -0.2) is 0 Å². The number of benzene rings is 10. The largest absolute Gasteiger partial charge is 0.455 e. The van der Waals surface area contributed by atoms with Crippen molar-refractivity contribution in [2.45, 2.75) is 0 Å². The van der Waals surface area contributed by atoms with Crippen molar-refractivity contribution < 1.29 is 4.42 Å². The molecule has 11 aromatic rings. The highest BCUT2D eigenvalue weighted by molar-refractivity contribution is 6.12. The third-order valence-electron chi connectivity index (χ3n) is 11.5. The van der Waals surface area contributed by atoms with E-state index in [0.717, 1.165) is 50.1 Å². The maximum absolute atomic E-state index is 6.49. The smallest absolute Gasteiger partial charge is 0.143 e. The molecule has 10 aromatic carbocycles. The molecular formula is C56H37NO. The summed E-state index contributed by atoms with van der Waals surface area (Å²) in [5, 5.41) is 7.31. The average Bonchev–Trinajstić information content (AvgIpc) is 3.69. The summed E-state index contributed by atoms with van der Waals surface area (Å²) in [6, 6.07) is 80.6. The van der Waals surface area contributed by atoms with E-state index in [2.05, 4.69) is 217 Å². The van der Waals surface area contributed by atoms with Crippen LogP contribution >= 0.6 is 0 Å². The second-order valence-electron chi connectivity index (χ2n) is 14.9. The Morgan fingerprint density at radius 1 is 0.276 bits per heavy atom. The molecule has 2 heteroatoms. The van der Waals surface area contributed by atoms with Crippen LogP contribution in [0.3, 0.4) is 0 Å². The molecule has 0 N–H and O–H groups in total. The van der Waals surface area contributed by atoms with Gasteiger partial charge in [0.25, 0.3) is 0 Å². The van der Waals surface area contributed by atoms with Gasteiger partial charge in [0.1, 0.15) is 11.2 Å². The van der Waals surface area contributed by atoms with Crippen LogP contribution in [-0.4, -0.2) is 0 Å². The van der Waals surface area contributed by atoms with Crippen molar-refractivity contribution in [2.24, 2.45) is 0 Å². The Kier molecular flexibility index (Phi) is 8.19. The summed E-state index contributed by atoms with van der Waals surface area (Å²) in [6.45, 7) is 0. The van der Waals surface area contributed by atoms with Gasteiger partial charge in [-0.05, 0) is 103 Å². The Morgan fingerprint density at radius 2 is 0.810 bits per heavy atom. The van der Waals surface area contributed by atoms with Gasteiger partial charge in [-0.1, -0.05) is 182 Å². The molecule has 272 valence electrons. The molecule has 0 radical (unpaired) electrons. The quantitative estimate of drug-likeness (QED) is 0.151. The van der Waals surface area contributed by atoms with Crippen molar-refractivity contribution in [3.05, 3.63) is 224 Å². The fourth-order valence-electron chi connectivity index (χ4n) is 8.61. The third kappa shape index (κ3) is 5.91. The Hall–Kier alpha value is -7.68. The molecule has 0 fully saturated rings. The van der Waals surface area contributed by atoms with Gasteiger partial charge < -0.3 is 9.32 Å². The molecule has 0 bridgehead atoms. The molecule has 0 spiro atoms. The van der Waals surface area contributed by atoms with Crippen LogP contribution in [-0.2, 0) is 0 Å². The molecule has 0 amide bonds. The summed E-state index contributed by atoms with van der Waals surface area (Å²) in [5.41, 5.74) is 14.4. The molecular weight excluding hydrogens is 703 g/mol. The summed E-state index contributed by atoms with van der Waals surface area (Å²) in [4.78, 5) is 2.35. The van der Waals surface area contributed by atoms with E-state index >= 15 is 0 Å². The number of fused-ring (bicyclic) bond motifs is 6. The number of nitrogens with zero attached hydrogens (tertiary/aromatic N) is 1. The highest BCUT2D eigenvalue weighted by Gasteiger charge is 2.17. The lowest BCUT2D eigenvalue weighted by molar-refractivity contribution is 0.670. The van der Waals surface area contributed by atoms with Gasteiger partial charge in [0, 0.05) is 33.4 Å². The van der Waals surface area contributed by atoms with E-state index in [1.54, 1.807) is 0 Å². The zero-order valence-electron chi connectivity index (χ0n) is 31.7. The summed E-state index contributed by atoms with van der Waals surface area (Å²) in [6.07, 6.45) is 0. The Labute approximate surface area is 337 Å². The molecule has 0 unspecified atom stereocenters. The molecule has 0 atom stereocenters. The minimum Gasteiger partial charge on any atom is -0.455 e. The third-order valence-corrected chi connectivity index (χ3v) is 11.5. The molecule has 11 rings (SSSR count). The first-order valence-corrected chi connectivity index (χ1v) is 19.8. The lowest BCUT2D eigenvalue weighted by atomic mass is 9.94. The van der Waals surface area contributed by atoms with E-state index < -0.39 is 0 Å². The highest BCUT2D eigenvalue weighted by Crippen LogP contribution is 2.42. The van der Waals surface area contributed by atoms with E-state index in [1.807, 2.05) is 12.1 Å². The molecule has 0 aliphatic carbocycles. The van der Waals surface area contributed by atoms with Crippen LogP contribution in [0.25, 0.3) is 88.0 Å². The SMILES string of the molecule is c1ccc(-c2ccc(-c3ccc(N(c4ccc(-c5cccc6c5ccc5ccccc56)cc4)c4cccc(-c5cccc6c5oc5ccccc56)c4)cc3)cc2)cc1. The van der Waals surface area contributed by atoms with Crippen LogP contribution < -0.4 is 4.90 Å². The number of rotatable bonds is 7. The monoisotopic (exact) mass is 739 g/mol. The second-order valence-corrected chi connectivity index (χ2v) is 14.9. The van der Waals surface area contributed by atoms with Crippen LogP contribution in [0, 0.1) is 0 Å². The van der Waals surface area contributed by atoms with Crippen LogP contribution in [0.1, 0.15) is 0 Å². The van der Waals surface area contributed by atoms with E-state index in [1.165, 1.54) is 54.9 Å². The molecule has 1 heterocycles. The summed E-state index contributed by atoms with van der Waals surface area (Å²) in [7, 11) is 0. The van der Waals surface area contributed by atoms with Gasteiger partial charge in [0.05, 0.1) is 0 Å². The van der Waals surface area contributed by atoms with Gasteiger partial charge in [-0.15, -0.1) is 0 Å². The Balaban J connectivity index is 1.00. The van der Waals surface area contributed by atoms with E-state index in [-0.39, 0.29) is 0 Å². The predicted molar refractivity (Wildman–Crippen MR) is 245 cm³/mol. The van der Waals surface area contributed by atoms with Crippen molar-refractivity contribution in [3.8, 4) is 44.5 Å². The van der Waals surface area contributed by atoms with Gasteiger partial charge in [0.2, 0.25) is 0 Å². The molecule has 0 aliphatic heterocycles. The average molecular weight is 740 g/mol. The minimum atomic E-state index is 0.900. The van der Waals surface area contributed by atoms with Crippen molar-refractivity contribution >= 4 is 60.5 Å². The van der Waals surface area contributed by atoms with E-state index in [0.29, 0.717) is 0 Å². The van der Waals surface area contributed by atoms with Crippen LogP contribution in [0.15, 0.2) is 229 Å². The van der Waals surface area contributed by atoms with Crippen molar-refractivity contribution in [1.29, 1.82) is 0 Å². The summed E-state index contributed by atoms with van der Waals surface area (Å²) < 4.78 is 6.49. The van der Waals surface area contributed by atoms with Crippen LogP contribution in [0.5, 0.6) is 0 Å². The topological polar surface area (TPSA) is 16.4 Å². The first-order valence-electron chi connectivity index (χ1n) is 19.8. The zero-order valence-corrected chi connectivity index (χ0v) is 31.7. The molecule has 0 saturated heterocycles. The van der Waals surface area contributed by atoms with E-state index in [9.17, 15) is 0 Å². The number of anilines is 3. The zero-order chi connectivity index (χ0) is 38.4. The number of furan rings is 1. The second kappa shape index (κ2) is 14.1. The van der Waals surface area contributed by atoms with Crippen molar-refractivity contribution in [2.75, 3.05) is 4.90 Å².